The predicted octanol–water partition coefficient (Wildman–Crippen LogP) is 1.88. The van der Waals surface area contributed by atoms with Crippen LogP contribution in [0.4, 0.5) is 4.79 Å². The van der Waals surface area contributed by atoms with E-state index < -0.39 is 0 Å². The molecule has 0 radical (unpaired) electrons. The molecule has 4 nitrogen and oxygen atoms in total. The zero-order valence-corrected chi connectivity index (χ0v) is 11.0. The number of amides is 2. The molecular weight excluding hydrogens is 216 g/mol. The average Bonchev–Trinajstić information content (AvgIpc) is 2.51. The van der Waals surface area contributed by atoms with Crippen LogP contribution >= 0.6 is 0 Å². The van der Waals surface area contributed by atoms with Crippen LogP contribution in [0.1, 0.15) is 46.0 Å². The summed E-state index contributed by atoms with van der Waals surface area (Å²) in [7, 11) is 0. The molecule has 1 fully saturated rings. The number of hydrogen-bond donors (Lipinski definition) is 3. The van der Waals surface area contributed by atoms with Crippen molar-refractivity contribution in [3.8, 4) is 0 Å². The summed E-state index contributed by atoms with van der Waals surface area (Å²) in [5.41, 5.74) is 0. The Balaban J connectivity index is 2.38. The highest BCUT2D eigenvalue weighted by molar-refractivity contribution is 5.74. The van der Waals surface area contributed by atoms with Crippen LogP contribution in [0.5, 0.6) is 0 Å². The Bertz CT molecular complexity index is 231. The monoisotopic (exact) mass is 242 g/mol. The van der Waals surface area contributed by atoms with Crippen molar-refractivity contribution >= 4 is 6.03 Å². The molecule has 2 atom stereocenters. The van der Waals surface area contributed by atoms with E-state index in [1.807, 2.05) is 0 Å². The van der Waals surface area contributed by atoms with Crippen LogP contribution in [0.2, 0.25) is 0 Å². The molecule has 100 valence electrons. The van der Waals surface area contributed by atoms with Crippen molar-refractivity contribution in [1.82, 2.24) is 10.6 Å². The van der Waals surface area contributed by atoms with E-state index in [0.717, 1.165) is 25.7 Å². The minimum atomic E-state index is -0.0935. The van der Waals surface area contributed by atoms with E-state index in [1.165, 1.54) is 6.42 Å². The van der Waals surface area contributed by atoms with Crippen molar-refractivity contribution in [2.24, 2.45) is 11.8 Å². The first-order valence-corrected chi connectivity index (χ1v) is 6.78. The van der Waals surface area contributed by atoms with Gasteiger partial charge in [0.1, 0.15) is 0 Å². The number of nitrogens with one attached hydrogen (secondary N) is 2. The highest BCUT2D eigenvalue weighted by Crippen LogP contribution is 2.23. The van der Waals surface area contributed by atoms with Gasteiger partial charge in [0.25, 0.3) is 0 Å². The smallest absolute Gasteiger partial charge is 0.315 e. The molecule has 0 aromatic heterocycles. The maximum Gasteiger partial charge on any atom is 0.315 e. The Kier molecular flexibility index (Phi) is 6.34. The molecule has 1 rings (SSSR count). The van der Waals surface area contributed by atoms with Crippen LogP contribution in [0.3, 0.4) is 0 Å². The Morgan fingerprint density at radius 1 is 1.29 bits per heavy atom. The molecule has 3 N–H and O–H groups in total. The number of rotatable bonds is 4. The third-order valence-corrected chi connectivity index (χ3v) is 3.38. The molecule has 17 heavy (non-hydrogen) atoms. The lowest BCUT2D eigenvalue weighted by Gasteiger charge is -2.24. The fourth-order valence-electron chi connectivity index (χ4n) is 2.31. The van der Waals surface area contributed by atoms with E-state index in [2.05, 4.69) is 24.5 Å². The highest BCUT2D eigenvalue weighted by atomic mass is 16.3. The maximum atomic E-state index is 11.7. The van der Waals surface area contributed by atoms with Crippen molar-refractivity contribution in [1.29, 1.82) is 0 Å². The summed E-state index contributed by atoms with van der Waals surface area (Å²) in [4.78, 5) is 11.7. The lowest BCUT2D eigenvalue weighted by Crippen LogP contribution is -2.46. The number of aliphatic hydroxyl groups is 1. The molecule has 0 heterocycles. The largest absolute Gasteiger partial charge is 0.396 e. The fourth-order valence-corrected chi connectivity index (χ4v) is 2.31. The van der Waals surface area contributed by atoms with Crippen molar-refractivity contribution in [3.05, 3.63) is 0 Å². The first-order chi connectivity index (χ1) is 8.13. The van der Waals surface area contributed by atoms with Crippen LogP contribution < -0.4 is 10.6 Å². The van der Waals surface area contributed by atoms with Gasteiger partial charge < -0.3 is 15.7 Å². The molecule has 0 spiro atoms. The Morgan fingerprint density at radius 3 is 2.65 bits per heavy atom. The summed E-state index contributed by atoms with van der Waals surface area (Å²) in [5, 5.41) is 15.2. The molecule has 0 saturated heterocycles. The molecule has 0 aromatic rings. The summed E-state index contributed by atoms with van der Waals surface area (Å²) in [5.74, 6) is 0.686. The van der Waals surface area contributed by atoms with Crippen LogP contribution in [-0.2, 0) is 0 Å². The van der Waals surface area contributed by atoms with Gasteiger partial charge in [-0.15, -0.1) is 0 Å². The zero-order chi connectivity index (χ0) is 12.7. The Labute approximate surface area is 104 Å². The molecule has 4 heteroatoms. The molecule has 1 aliphatic carbocycles. The van der Waals surface area contributed by atoms with Crippen molar-refractivity contribution in [2.45, 2.75) is 52.0 Å². The second-order valence-electron chi connectivity index (χ2n) is 5.44. The van der Waals surface area contributed by atoms with Gasteiger partial charge in [-0.05, 0) is 18.8 Å². The number of carbonyl (C=O) groups is 1. The number of urea groups is 1. The second kappa shape index (κ2) is 7.54. The fraction of sp³-hybridized carbons (Fsp3) is 0.923. The molecule has 0 aromatic carbocycles. The third-order valence-electron chi connectivity index (χ3n) is 3.38. The molecule has 0 aliphatic heterocycles. The first-order valence-electron chi connectivity index (χ1n) is 6.78. The predicted molar refractivity (Wildman–Crippen MR) is 68.8 cm³/mol. The number of carbonyl (C=O) groups excluding carboxylic acids is 1. The van der Waals surface area contributed by atoms with Gasteiger partial charge in [-0.1, -0.05) is 33.1 Å². The standard InChI is InChI=1S/C13H26N2O2/c1-10(2)8-14-13(17)15-12-7-5-3-4-6-11(12)9-16/h10-12,16H,3-9H2,1-2H3,(H2,14,15,17). The Morgan fingerprint density at radius 2 is 2.00 bits per heavy atom. The van der Waals surface area contributed by atoms with Crippen LogP contribution in [0.25, 0.3) is 0 Å². The molecular formula is C13H26N2O2. The summed E-state index contributed by atoms with van der Waals surface area (Å²) < 4.78 is 0. The van der Waals surface area contributed by atoms with E-state index in [-0.39, 0.29) is 24.6 Å². The molecule has 2 amide bonds. The molecule has 0 bridgehead atoms. The lowest BCUT2D eigenvalue weighted by atomic mass is 9.96. The quantitative estimate of drug-likeness (QED) is 0.659. The lowest BCUT2D eigenvalue weighted by molar-refractivity contribution is 0.179. The van der Waals surface area contributed by atoms with E-state index >= 15 is 0 Å². The van der Waals surface area contributed by atoms with Crippen molar-refractivity contribution in [3.63, 3.8) is 0 Å². The van der Waals surface area contributed by atoms with Gasteiger partial charge in [0.2, 0.25) is 0 Å². The van der Waals surface area contributed by atoms with Gasteiger partial charge in [-0.2, -0.15) is 0 Å². The average molecular weight is 242 g/mol. The number of aliphatic hydroxyl groups excluding tert-OH is 1. The van der Waals surface area contributed by atoms with Crippen molar-refractivity contribution < 1.29 is 9.90 Å². The minimum absolute atomic E-state index is 0.0935. The van der Waals surface area contributed by atoms with Gasteiger partial charge in [-0.3, -0.25) is 0 Å². The normalized spacial score (nSPS) is 25.4. The summed E-state index contributed by atoms with van der Waals surface area (Å²) in [6, 6.07) is 0.0405. The SMILES string of the molecule is CC(C)CNC(=O)NC1CCCCCC1CO. The molecule has 1 saturated carbocycles. The minimum Gasteiger partial charge on any atom is -0.396 e. The summed E-state index contributed by atoms with van der Waals surface area (Å²) in [6.07, 6.45) is 5.52. The zero-order valence-electron chi connectivity index (χ0n) is 11.0. The molecule has 2 unspecified atom stereocenters. The summed E-state index contributed by atoms with van der Waals surface area (Å²) in [6.45, 7) is 5.02. The van der Waals surface area contributed by atoms with E-state index in [0.29, 0.717) is 12.5 Å². The topological polar surface area (TPSA) is 61.4 Å². The first kappa shape index (κ1) is 14.3. The van der Waals surface area contributed by atoms with Crippen LogP contribution in [0.15, 0.2) is 0 Å². The van der Waals surface area contributed by atoms with Gasteiger partial charge in [-0.25, -0.2) is 4.79 Å². The van der Waals surface area contributed by atoms with Gasteiger partial charge >= 0.3 is 6.03 Å². The highest BCUT2D eigenvalue weighted by Gasteiger charge is 2.24. The van der Waals surface area contributed by atoms with Crippen LogP contribution in [-0.4, -0.2) is 30.3 Å². The second-order valence-corrected chi connectivity index (χ2v) is 5.44. The summed E-state index contributed by atoms with van der Waals surface area (Å²) >= 11 is 0. The van der Waals surface area contributed by atoms with E-state index in [4.69, 9.17) is 0 Å². The third kappa shape index (κ3) is 5.39. The van der Waals surface area contributed by atoms with Crippen molar-refractivity contribution in [2.75, 3.05) is 13.2 Å². The maximum absolute atomic E-state index is 11.7. The number of hydrogen-bond acceptors (Lipinski definition) is 2. The van der Waals surface area contributed by atoms with Gasteiger partial charge in [0.05, 0.1) is 0 Å². The van der Waals surface area contributed by atoms with E-state index in [9.17, 15) is 9.90 Å². The van der Waals surface area contributed by atoms with Gasteiger partial charge in [0, 0.05) is 25.1 Å². The van der Waals surface area contributed by atoms with Crippen LogP contribution in [0, 0.1) is 11.8 Å². The molecule has 1 aliphatic rings. The van der Waals surface area contributed by atoms with E-state index in [1.54, 1.807) is 0 Å². The van der Waals surface area contributed by atoms with Gasteiger partial charge in [0.15, 0.2) is 0 Å². The Hall–Kier alpha value is -0.770.